The molecule has 0 aromatic carbocycles. The van der Waals surface area contributed by atoms with Gasteiger partial charge in [0.25, 0.3) is 0 Å². The molecule has 0 aromatic heterocycles. The van der Waals surface area contributed by atoms with Crippen LogP contribution in [0.2, 0.25) is 0 Å². The highest BCUT2D eigenvalue weighted by molar-refractivity contribution is 5.79. The van der Waals surface area contributed by atoms with Gasteiger partial charge in [-0.2, -0.15) is 0 Å². The largest absolute Gasteiger partial charge is 0.385 e. The van der Waals surface area contributed by atoms with Crippen molar-refractivity contribution in [3.8, 4) is 0 Å². The average molecular weight is 426 g/mol. The highest BCUT2D eigenvalue weighted by atomic mass is 16.5. The average Bonchev–Trinajstić information content (AvgIpc) is 2.73. The molecule has 2 amide bonds. The van der Waals surface area contributed by atoms with Gasteiger partial charge < -0.3 is 25.2 Å². The Hall–Kier alpha value is -1.83. The molecule has 30 heavy (non-hydrogen) atoms. The van der Waals surface area contributed by atoms with Gasteiger partial charge >= 0.3 is 0 Å². The molecule has 0 spiro atoms. The second kappa shape index (κ2) is 15.9. The van der Waals surface area contributed by atoms with Crippen LogP contribution in [0.4, 0.5) is 0 Å². The number of carbonyl (C=O) groups excluding carboxylic acids is 2. The molecule has 0 saturated carbocycles. The highest BCUT2D eigenvalue weighted by Gasteiger charge is 2.23. The number of guanidine groups is 1. The van der Waals surface area contributed by atoms with E-state index in [0.717, 1.165) is 57.9 Å². The lowest BCUT2D eigenvalue weighted by Crippen LogP contribution is -2.50. The maximum atomic E-state index is 12.4. The van der Waals surface area contributed by atoms with Gasteiger partial charge in [-0.15, -0.1) is 0 Å². The SMILES string of the molecule is CCNC(=NCCCOC)NCCCCCC(=O)N1CCN(C(=O)CC(C)C)CC1. The maximum Gasteiger partial charge on any atom is 0.222 e. The molecule has 2 N–H and O–H groups in total. The smallest absolute Gasteiger partial charge is 0.222 e. The Balaban J connectivity index is 2.15. The van der Waals surface area contributed by atoms with Gasteiger partial charge in [-0.25, -0.2) is 0 Å². The second-order valence-corrected chi connectivity index (χ2v) is 8.20. The monoisotopic (exact) mass is 425 g/mol. The van der Waals surface area contributed by atoms with Gasteiger partial charge in [-0.3, -0.25) is 14.6 Å². The number of piperazine rings is 1. The van der Waals surface area contributed by atoms with Gasteiger partial charge in [-0.1, -0.05) is 20.3 Å². The first-order valence-electron chi connectivity index (χ1n) is 11.5. The molecule has 0 unspecified atom stereocenters. The lowest BCUT2D eigenvalue weighted by molar-refractivity contribution is -0.140. The standard InChI is InChI=1S/C22H43N5O3/c1-5-23-22(25-12-9-17-30-4)24-11-8-6-7-10-20(28)26-13-15-27(16-14-26)21(29)18-19(2)3/h19H,5-18H2,1-4H3,(H2,23,24,25). The first-order valence-corrected chi connectivity index (χ1v) is 11.5. The first-order chi connectivity index (χ1) is 14.5. The Morgan fingerprint density at radius 3 is 2.23 bits per heavy atom. The van der Waals surface area contributed by atoms with Crippen LogP contribution in [0.5, 0.6) is 0 Å². The molecular formula is C22H43N5O3. The third-order valence-corrected chi connectivity index (χ3v) is 5.05. The van der Waals surface area contributed by atoms with Crippen molar-refractivity contribution in [3.05, 3.63) is 0 Å². The van der Waals surface area contributed by atoms with Crippen LogP contribution in [0.15, 0.2) is 4.99 Å². The normalized spacial score (nSPS) is 14.9. The summed E-state index contributed by atoms with van der Waals surface area (Å²) in [5, 5.41) is 6.59. The molecule has 8 nitrogen and oxygen atoms in total. The second-order valence-electron chi connectivity index (χ2n) is 8.20. The lowest BCUT2D eigenvalue weighted by Gasteiger charge is -2.35. The summed E-state index contributed by atoms with van der Waals surface area (Å²) in [5.41, 5.74) is 0. The molecule has 0 aromatic rings. The van der Waals surface area contributed by atoms with Gasteiger partial charge in [0.15, 0.2) is 5.96 Å². The third kappa shape index (κ3) is 11.4. The lowest BCUT2D eigenvalue weighted by atomic mass is 10.1. The molecule has 0 radical (unpaired) electrons. The van der Waals surface area contributed by atoms with E-state index in [1.54, 1.807) is 7.11 Å². The topological polar surface area (TPSA) is 86.3 Å². The van der Waals surface area contributed by atoms with Crippen molar-refractivity contribution in [2.24, 2.45) is 10.9 Å². The highest BCUT2D eigenvalue weighted by Crippen LogP contribution is 2.10. The van der Waals surface area contributed by atoms with Gasteiger partial charge in [0.1, 0.15) is 0 Å². The molecule has 1 saturated heterocycles. The predicted molar refractivity (Wildman–Crippen MR) is 122 cm³/mol. The molecule has 0 aliphatic carbocycles. The fourth-order valence-corrected chi connectivity index (χ4v) is 3.37. The van der Waals surface area contributed by atoms with Gasteiger partial charge in [0.05, 0.1) is 0 Å². The Morgan fingerprint density at radius 1 is 0.967 bits per heavy atom. The molecule has 8 heteroatoms. The van der Waals surface area contributed by atoms with E-state index in [0.29, 0.717) is 44.9 Å². The van der Waals surface area contributed by atoms with Crippen molar-refractivity contribution >= 4 is 17.8 Å². The summed E-state index contributed by atoms with van der Waals surface area (Å²) in [6.45, 7) is 12.0. The molecule has 1 aliphatic heterocycles. The predicted octanol–water partition coefficient (Wildman–Crippen LogP) is 1.86. The molecule has 1 heterocycles. The number of ether oxygens (including phenoxy) is 1. The number of nitrogens with zero attached hydrogens (tertiary/aromatic N) is 3. The molecular weight excluding hydrogens is 382 g/mol. The Morgan fingerprint density at radius 2 is 1.63 bits per heavy atom. The van der Waals surface area contributed by atoms with E-state index in [1.165, 1.54) is 0 Å². The Kier molecular flexibility index (Phi) is 13.9. The molecule has 1 fully saturated rings. The van der Waals surface area contributed by atoms with Crippen LogP contribution in [0.25, 0.3) is 0 Å². The number of unbranched alkanes of at least 4 members (excludes halogenated alkanes) is 2. The van der Waals surface area contributed by atoms with Crippen molar-refractivity contribution in [1.29, 1.82) is 0 Å². The minimum Gasteiger partial charge on any atom is -0.385 e. The van der Waals surface area contributed by atoms with Crippen LogP contribution in [0.1, 0.15) is 59.3 Å². The molecule has 1 rings (SSSR count). The number of carbonyl (C=O) groups is 2. The van der Waals surface area contributed by atoms with Gasteiger partial charge in [0, 0.05) is 72.4 Å². The number of methoxy groups -OCH3 is 1. The number of hydrogen-bond acceptors (Lipinski definition) is 4. The zero-order valence-corrected chi connectivity index (χ0v) is 19.5. The van der Waals surface area contributed by atoms with Crippen LogP contribution in [-0.2, 0) is 14.3 Å². The van der Waals surface area contributed by atoms with Crippen molar-refractivity contribution < 1.29 is 14.3 Å². The summed E-state index contributed by atoms with van der Waals surface area (Å²) in [4.78, 5) is 32.9. The third-order valence-electron chi connectivity index (χ3n) is 5.05. The molecule has 0 atom stereocenters. The van der Waals surface area contributed by atoms with Crippen LogP contribution >= 0.6 is 0 Å². The fourth-order valence-electron chi connectivity index (χ4n) is 3.37. The van der Waals surface area contributed by atoms with Crippen LogP contribution in [-0.4, -0.2) is 87.1 Å². The quantitative estimate of drug-likeness (QED) is 0.267. The summed E-state index contributed by atoms with van der Waals surface area (Å²) in [5.74, 6) is 1.65. The Bertz CT molecular complexity index is 517. The number of rotatable bonds is 13. The number of aliphatic imine (C=N–C) groups is 1. The van der Waals surface area contributed by atoms with E-state index in [4.69, 9.17) is 4.74 Å². The molecule has 1 aliphatic rings. The maximum absolute atomic E-state index is 12.4. The molecule has 0 bridgehead atoms. The minimum atomic E-state index is 0.212. The summed E-state index contributed by atoms with van der Waals surface area (Å²) >= 11 is 0. The summed E-state index contributed by atoms with van der Waals surface area (Å²) in [6, 6.07) is 0. The fraction of sp³-hybridized carbons (Fsp3) is 0.864. The number of amides is 2. The van der Waals surface area contributed by atoms with Crippen molar-refractivity contribution in [2.45, 2.75) is 59.3 Å². The van der Waals surface area contributed by atoms with Crippen LogP contribution in [0, 0.1) is 5.92 Å². The number of hydrogen-bond donors (Lipinski definition) is 2. The van der Waals surface area contributed by atoms with Gasteiger partial charge in [0.2, 0.25) is 11.8 Å². The molecule has 174 valence electrons. The van der Waals surface area contributed by atoms with E-state index >= 15 is 0 Å². The van der Waals surface area contributed by atoms with E-state index in [1.807, 2.05) is 9.80 Å². The van der Waals surface area contributed by atoms with E-state index < -0.39 is 0 Å². The van der Waals surface area contributed by atoms with Crippen LogP contribution < -0.4 is 10.6 Å². The number of nitrogens with one attached hydrogen (secondary N) is 2. The van der Waals surface area contributed by atoms with Crippen molar-refractivity contribution in [2.75, 3.05) is 59.5 Å². The van der Waals surface area contributed by atoms with E-state index in [9.17, 15) is 9.59 Å². The zero-order valence-electron chi connectivity index (χ0n) is 19.5. The van der Waals surface area contributed by atoms with Crippen LogP contribution in [0.3, 0.4) is 0 Å². The minimum absolute atomic E-state index is 0.212. The van der Waals surface area contributed by atoms with E-state index in [2.05, 4.69) is 36.4 Å². The van der Waals surface area contributed by atoms with Gasteiger partial charge in [-0.05, 0) is 32.1 Å². The summed E-state index contributed by atoms with van der Waals surface area (Å²) in [7, 11) is 1.70. The zero-order chi connectivity index (χ0) is 22.2. The Labute approximate surface area is 182 Å². The van der Waals surface area contributed by atoms with Crippen molar-refractivity contribution in [3.63, 3.8) is 0 Å². The summed E-state index contributed by atoms with van der Waals surface area (Å²) in [6.07, 6.45) is 5.01. The summed E-state index contributed by atoms with van der Waals surface area (Å²) < 4.78 is 5.04. The first kappa shape index (κ1) is 26.2. The van der Waals surface area contributed by atoms with Crippen molar-refractivity contribution in [1.82, 2.24) is 20.4 Å². The van der Waals surface area contributed by atoms with E-state index in [-0.39, 0.29) is 11.8 Å².